The van der Waals surface area contributed by atoms with Gasteiger partial charge in [0.05, 0.1) is 24.4 Å². The number of fused-ring (bicyclic) bond motifs is 2. The van der Waals surface area contributed by atoms with Crippen molar-refractivity contribution >= 4 is 5.78 Å². The Morgan fingerprint density at radius 3 is 2.20 bits per heavy atom. The van der Waals surface area contributed by atoms with Crippen LogP contribution in [0.15, 0.2) is 0 Å². The van der Waals surface area contributed by atoms with Crippen molar-refractivity contribution in [2.24, 2.45) is 50.7 Å². The molecule has 0 aromatic heterocycles. The van der Waals surface area contributed by atoms with Gasteiger partial charge < -0.3 is 39.7 Å². The molecule has 7 aliphatic rings. The van der Waals surface area contributed by atoms with E-state index in [9.17, 15) is 30.3 Å². The summed E-state index contributed by atoms with van der Waals surface area (Å²) in [6.45, 7) is 15.0. The molecule has 9 nitrogen and oxygen atoms in total. The van der Waals surface area contributed by atoms with Crippen molar-refractivity contribution in [2.45, 2.75) is 154 Å². The lowest BCUT2D eigenvalue weighted by Crippen LogP contribution is -2.61. The minimum absolute atomic E-state index is 0.0321. The van der Waals surface area contributed by atoms with Crippen molar-refractivity contribution in [2.75, 3.05) is 6.61 Å². The largest absolute Gasteiger partial charge is 0.390 e. The van der Waals surface area contributed by atoms with E-state index < -0.39 is 42.2 Å². The SMILES string of the molecule is C[C@H](C[C@@H](O)[C@@H]1OC1(C)C)[C@H]1C(=O)[C@H](O)[C@@]2(C)[C@@H]3CC[C@H]4C(C)(C)[C@@H](O[C@@H]5OC[C@@H](O)[C@H](O)[C@H]5O)CC[C@@]45C[C@@]35CC[C@]12C. The molecule has 7 rings (SSSR count). The van der Waals surface area contributed by atoms with Crippen LogP contribution in [0.1, 0.15) is 99.8 Å². The summed E-state index contributed by atoms with van der Waals surface area (Å²) in [5.74, 6) is 0.275. The normalized spacial score (nSPS) is 56.5. The van der Waals surface area contributed by atoms with Gasteiger partial charge in [0.15, 0.2) is 12.1 Å². The van der Waals surface area contributed by atoms with Gasteiger partial charge in [0.1, 0.15) is 30.5 Å². The van der Waals surface area contributed by atoms with Crippen LogP contribution < -0.4 is 0 Å². The number of rotatable bonds is 6. The third-order valence-electron chi connectivity index (χ3n) is 15.4. The van der Waals surface area contributed by atoms with Crippen molar-refractivity contribution in [1.29, 1.82) is 0 Å². The fourth-order valence-corrected chi connectivity index (χ4v) is 12.9. The summed E-state index contributed by atoms with van der Waals surface area (Å²) in [4.78, 5) is 14.1. The highest BCUT2D eigenvalue weighted by Gasteiger charge is 2.84. The molecular formula is C35H56O9. The average molecular weight is 621 g/mol. The van der Waals surface area contributed by atoms with Crippen LogP contribution in [0.25, 0.3) is 0 Å². The average Bonchev–Trinajstić information content (AvgIpc) is 3.80. The number of Topliss-reactive ketones (excluding diaryl/α,β-unsaturated/α-hetero) is 1. The molecule has 2 aliphatic heterocycles. The summed E-state index contributed by atoms with van der Waals surface area (Å²) >= 11 is 0. The molecule has 250 valence electrons. The Balaban J connectivity index is 1.12. The first-order chi connectivity index (χ1) is 20.4. The number of carbonyl (C=O) groups is 1. The Hall–Kier alpha value is -0.650. The van der Waals surface area contributed by atoms with Gasteiger partial charge in [-0.15, -0.1) is 0 Å². The van der Waals surface area contributed by atoms with E-state index in [0.717, 1.165) is 44.9 Å². The lowest BCUT2D eigenvalue weighted by atomic mass is 9.41. The number of carbonyl (C=O) groups excluding carboxylic acids is 1. The quantitative estimate of drug-likeness (QED) is 0.223. The molecule has 0 amide bonds. The molecule has 0 radical (unpaired) electrons. The predicted molar refractivity (Wildman–Crippen MR) is 160 cm³/mol. The molecule has 0 unspecified atom stereocenters. The van der Waals surface area contributed by atoms with Crippen LogP contribution in [-0.4, -0.2) is 92.5 Å². The Morgan fingerprint density at radius 1 is 0.909 bits per heavy atom. The predicted octanol–water partition coefficient (Wildman–Crippen LogP) is 2.96. The van der Waals surface area contributed by atoms with Gasteiger partial charge in [-0.1, -0.05) is 34.6 Å². The van der Waals surface area contributed by atoms with Gasteiger partial charge in [-0.2, -0.15) is 0 Å². The highest BCUT2D eigenvalue weighted by atomic mass is 16.7. The van der Waals surface area contributed by atoms with Gasteiger partial charge in [0, 0.05) is 11.3 Å². The zero-order valence-electron chi connectivity index (χ0n) is 27.7. The molecule has 0 bridgehead atoms. The molecule has 7 fully saturated rings. The van der Waals surface area contributed by atoms with Crippen LogP contribution in [0.4, 0.5) is 0 Å². The van der Waals surface area contributed by atoms with E-state index >= 15 is 0 Å². The Morgan fingerprint density at radius 2 is 1.55 bits per heavy atom. The lowest BCUT2D eigenvalue weighted by Gasteiger charge is -2.63. The summed E-state index contributed by atoms with van der Waals surface area (Å²) in [7, 11) is 0. The van der Waals surface area contributed by atoms with Crippen LogP contribution in [0.5, 0.6) is 0 Å². The van der Waals surface area contributed by atoms with E-state index in [-0.39, 0.29) is 69.6 Å². The van der Waals surface area contributed by atoms with Crippen LogP contribution in [0.3, 0.4) is 0 Å². The number of aliphatic hydroxyl groups is 5. The molecule has 0 aromatic rings. The van der Waals surface area contributed by atoms with E-state index in [4.69, 9.17) is 14.2 Å². The third kappa shape index (κ3) is 3.90. The number of hydrogen-bond donors (Lipinski definition) is 5. The maximum atomic E-state index is 14.1. The molecule has 44 heavy (non-hydrogen) atoms. The molecule has 2 spiro atoms. The van der Waals surface area contributed by atoms with Crippen LogP contribution >= 0.6 is 0 Å². The summed E-state index contributed by atoms with van der Waals surface area (Å²) in [5, 5.41) is 53.6. The number of hydrogen-bond acceptors (Lipinski definition) is 9. The molecular weight excluding hydrogens is 564 g/mol. The summed E-state index contributed by atoms with van der Waals surface area (Å²) in [5.41, 5.74) is -1.15. The zero-order chi connectivity index (χ0) is 32.0. The Labute approximate surface area is 262 Å². The van der Waals surface area contributed by atoms with E-state index in [0.29, 0.717) is 12.3 Å². The van der Waals surface area contributed by atoms with Crippen molar-refractivity contribution in [3.63, 3.8) is 0 Å². The Kier molecular flexibility index (Phi) is 7.05. The van der Waals surface area contributed by atoms with Gasteiger partial charge in [-0.05, 0) is 105 Å². The van der Waals surface area contributed by atoms with E-state index in [1.165, 1.54) is 0 Å². The first-order valence-corrected chi connectivity index (χ1v) is 17.3. The molecule has 16 atom stereocenters. The fourth-order valence-electron chi connectivity index (χ4n) is 12.9. The maximum absolute atomic E-state index is 14.1. The number of ether oxygens (including phenoxy) is 3. The highest BCUT2D eigenvalue weighted by molar-refractivity contribution is 5.90. The molecule has 2 saturated heterocycles. The highest BCUT2D eigenvalue weighted by Crippen LogP contribution is 2.89. The smallest absolute Gasteiger partial charge is 0.186 e. The molecule has 5 aliphatic carbocycles. The second-order valence-corrected chi connectivity index (χ2v) is 17.8. The number of aliphatic hydroxyl groups excluding tert-OH is 5. The topological polar surface area (TPSA) is 149 Å². The summed E-state index contributed by atoms with van der Waals surface area (Å²) in [6.07, 6.45) is 0.667. The standard InChI is InChI=1S/C35H56O9/c1-17(14-18(36)28-31(4,5)44-28)23-25(39)27(41)33(7)21-9-8-20-30(2,3)22(43-29-26(40)24(38)19(37)15-42-29)10-11-34(20)16-35(21,34)13-12-32(23,33)6/h17-24,26-29,36-38,40-41H,8-16H2,1-7H3/t17-,18-,19-,20+,21+,22+,23+,24+,26-,27+,28+,29+,32-,33-,34-,35+/m1/s1. The van der Waals surface area contributed by atoms with Gasteiger partial charge in [0.25, 0.3) is 0 Å². The van der Waals surface area contributed by atoms with Crippen molar-refractivity contribution in [3.8, 4) is 0 Å². The molecule has 0 aromatic carbocycles. The number of ketones is 1. The second-order valence-electron chi connectivity index (χ2n) is 17.8. The fraction of sp³-hybridized carbons (Fsp3) is 0.971. The summed E-state index contributed by atoms with van der Waals surface area (Å²) < 4.78 is 17.8. The van der Waals surface area contributed by atoms with Crippen LogP contribution in [0.2, 0.25) is 0 Å². The van der Waals surface area contributed by atoms with Crippen LogP contribution in [-0.2, 0) is 19.0 Å². The van der Waals surface area contributed by atoms with Crippen LogP contribution in [0, 0.1) is 50.7 Å². The minimum atomic E-state index is -1.30. The zero-order valence-corrected chi connectivity index (χ0v) is 27.7. The van der Waals surface area contributed by atoms with Crippen molar-refractivity contribution in [3.05, 3.63) is 0 Å². The lowest BCUT2D eigenvalue weighted by molar-refractivity contribution is -0.303. The maximum Gasteiger partial charge on any atom is 0.186 e. The Bertz CT molecular complexity index is 1190. The van der Waals surface area contributed by atoms with Gasteiger partial charge in [-0.25, -0.2) is 0 Å². The van der Waals surface area contributed by atoms with Gasteiger partial charge >= 0.3 is 0 Å². The van der Waals surface area contributed by atoms with Gasteiger partial charge in [-0.3, -0.25) is 4.79 Å². The van der Waals surface area contributed by atoms with Crippen molar-refractivity contribution in [1.82, 2.24) is 0 Å². The minimum Gasteiger partial charge on any atom is -0.390 e. The molecule has 5 N–H and O–H groups in total. The van der Waals surface area contributed by atoms with Gasteiger partial charge in [0.2, 0.25) is 0 Å². The summed E-state index contributed by atoms with van der Waals surface area (Å²) in [6, 6.07) is 0. The first-order valence-electron chi connectivity index (χ1n) is 17.3. The number of epoxide rings is 1. The molecule has 9 heteroatoms. The van der Waals surface area contributed by atoms with E-state index in [1.807, 2.05) is 13.8 Å². The monoisotopic (exact) mass is 620 g/mol. The van der Waals surface area contributed by atoms with E-state index in [2.05, 4.69) is 34.6 Å². The van der Waals surface area contributed by atoms with Crippen molar-refractivity contribution < 1.29 is 44.5 Å². The first kappa shape index (κ1) is 31.9. The second kappa shape index (κ2) is 9.71. The van der Waals surface area contributed by atoms with E-state index in [1.54, 1.807) is 0 Å². The third-order valence-corrected chi connectivity index (χ3v) is 15.4. The molecule has 2 heterocycles. The molecule has 5 saturated carbocycles.